The van der Waals surface area contributed by atoms with Crippen LogP contribution in [0.4, 0.5) is 5.69 Å². The molecule has 0 fully saturated rings. The van der Waals surface area contributed by atoms with Gasteiger partial charge in [0.15, 0.2) is 0 Å². The minimum Gasteiger partial charge on any atom is -0.463 e. The molecule has 0 aliphatic heterocycles. The summed E-state index contributed by atoms with van der Waals surface area (Å²) in [5.41, 5.74) is 12.0. The molecule has 0 unspecified atom stereocenters. The van der Waals surface area contributed by atoms with Gasteiger partial charge in [-0.3, -0.25) is 4.79 Å². The number of hydrogen-bond donors (Lipinski definition) is 2. The van der Waals surface area contributed by atoms with Crippen LogP contribution in [0.1, 0.15) is 21.0 Å². The molecule has 8 nitrogen and oxygen atoms in total. The van der Waals surface area contributed by atoms with E-state index in [0.29, 0.717) is 5.69 Å². The van der Waals surface area contributed by atoms with Gasteiger partial charge in [-0.25, -0.2) is 14.5 Å². The fourth-order valence-electron chi connectivity index (χ4n) is 1.48. The molecule has 0 aliphatic carbocycles. The van der Waals surface area contributed by atoms with Gasteiger partial charge in [0.1, 0.15) is 6.33 Å². The molecule has 2 rings (SSSR count). The first-order valence-corrected chi connectivity index (χ1v) is 5.22. The third-order valence-electron chi connectivity index (χ3n) is 2.42. The van der Waals surface area contributed by atoms with Crippen LogP contribution < -0.4 is 11.5 Å². The van der Waals surface area contributed by atoms with E-state index in [4.69, 9.17) is 11.5 Å². The standard InChI is InChI=1S/C11H11N5O3/c1-19-11(18)10-14-5-16(15-10)8-3-2-6(9(13)17)4-7(8)12/h2-5H,12H2,1H3,(H2,13,17). The lowest BCUT2D eigenvalue weighted by atomic mass is 10.1. The Bertz CT molecular complexity index is 650. The van der Waals surface area contributed by atoms with Crippen LogP contribution in [0.2, 0.25) is 0 Å². The topological polar surface area (TPSA) is 126 Å². The molecule has 1 amide bonds. The summed E-state index contributed by atoms with van der Waals surface area (Å²) in [7, 11) is 1.24. The van der Waals surface area contributed by atoms with Gasteiger partial charge in [-0.2, -0.15) is 0 Å². The molecular formula is C11H11N5O3. The lowest BCUT2D eigenvalue weighted by Gasteiger charge is -2.05. The number of primary amides is 1. The van der Waals surface area contributed by atoms with Gasteiger partial charge in [-0.05, 0) is 18.2 Å². The Labute approximate surface area is 108 Å². The zero-order valence-corrected chi connectivity index (χ0v) is 10.0. The minimum atomic E-state index is -0.647. The maximum absolute atomic E-state index is 11.2. The molecule has 1 aromatic carbocycles. The number of aromatic nitrogens is 3. The number of ether oxygens (including phenoxy) is 1. The van der Waals surface area contributed by atoms with Crippen molar-refractivity contribution in [3.05, 3.63) is 35.9 Å². The lowest BCUT2D eigenvalue weighted by molar-refractivity contribution is 0.0586. The number of esters is 1. The highest BCUT2D eigenvalue weighted by molar-refractivity contribution is 5.94. The van der Waals surface area contributed by atoms with Crippen LogP contribution in [0, 0.1) is 0 Å². The van der Waals surface area contributed by atoms with Crippen molar-refractivity contribution in [3.8, 4) is 5.69 Å². The van der Waals surface area contributed by atoms with E-state index in [1.807, 2.05) is 0 Å². The maximum atomic E-state index is 11.2. The van der Waals surface area contributed by atoms with Crippen LogP contribution in [-0.2, 0) is 4.74 Å². The number of rotatable bonds is 3. The summed E-state index contributed by atoms with van der Waals surface area (Å²) in [5.74, 6) is -1.31. The van der Waals surface area contributed by atoms with Gasteiger partial charge in [-0.15, -0.1) is 5.10 Å². The highest BCUT2D eigenvalue weighted by atomic mass is 16.5. The maximum Gasteiger partial charge on any atom is 0.377 e. The number of nitrogen functional groups attached to an aromatic ring is 1. The van der Waals surface area contributed by atoms with Crippen molar-refractivity contribution in [2.75, 3.05) is 12.8 Å². The number of benzene rings is 1. The third-order valence-corrected chi connectivity index (χ3v) is 2.42. The van der Waals surface area contributed by atoms with Crippen molar-refractivity contribution >= 4 is 17.6 Å². The number of amides is 1. The molecule has 0 radical (unpaired) electrons. The fraction of sp³-hybridized carbons (Fsp3) is 0.0909. The largest absolute Gasteiger partial charge is 0.463 e. The second-order valence-corrected chi connectivity index (χ2v) is 3.64. The van der Waals surface area contributed by atoms with Crippen molar-refractivity contribution < 1.29 is 14.3 Å². The number of anilines is 1. The highest BCUT2D eigenvalue weighted by Crippen LogP contribution is 2.17. The monoisotopic (exact) mass is 261 g/mol. The van der Waals surface area contributed by atoms with Crippen molar-refractivity contribution in [3.63, 3.8) is 0 Å². The molecule has 2 aromatic rings. The predicted molar refractivity (Wildman–Crippen MR) is 65.6 cm³/mol. The summed E-state index contributed by atoms with van der Waals surface area (Å²) in [5, 5.41) is 3.92. The van der Waals surface area contributed by atoms with Crippen molar-refractivity contribution in [2.24, 2.45) is 5.73 Å². The molecule has 1 aromatic heterocycles. The Kier molecular flexibility index (Phi) is 3.15. The summed E-state index contributed by atoms with van der Waals surface area (Å²) in [6.07, 6.45) is 1.32. The molecule has 8 heteroatoms. The van der Waals surface area contributed by atoms with Crippen LogP contribution >= 0.6 is 0 Å². The summed E-state index contributed by atoms with van der Waals surface area (Å²) in [6.45, 7) is 0. The summed E-state index contributed by atoms with van der Waals surface area (Å²) in [6, 6.07) is 4.50. The van der Waals surface area contributed by atoms with Crippen LogP contribution in [0.15, 0.2) is 24.5 Å². The van der Waals surface area contributed by atoms with Crippen molar-refractivity contribution in [2.45, 2.75) is 0 Å². The number of hydrogen-bond acceptors (Lipinski definition) is 6. The molecular weight excluding hydrogens is 250 g/mol. The molecule has 0 aliphatic rings. The second-order valence-electron chi connectivity index (χ2n) is 3.64. The van der Waals surface area contributed by atoms with Gasteiger partial charge >= 0.3 is 5.97 Å². The van der Waals surface area contributed by atoms with Crippen LogP contribution in [0.3, 0.4) is 0 Å². The third kappa shape index (κ3) is 2.37. The van der Waals surface area contributed by atoms with Crippen LogP contribution in [0.5, 0.6) is 0 Å². The van der Waals surface area contributed by atoms with E-state index in [2.05, 4.69) is 14.8 Å². The molecule has 19 heavy (non-hydrogen) atoms. The van der Waals surface area contributed by atoms with E-state index in [1.165, 1.54) is 30.3 Å². The molecule has 1 heterocycles. The Morgan fingerprint density at radius 1 is 1.37 bits per heavy atom. The molecule has 0 saturated heterocycles. The van der Waals surface area contributed by atoms with Gasteiger partial charge in [0.2, 0.25) is 5.91 Å². The number of carbonyl (C=O) groups is 2. The molecule has 0 saturated carbocycles. The van der Waals surface area contributed by atoms with E-state index < -0.39 is 11.9 Å². The predicted octanol–water partition coefficient (Wildman–Crippen LogP) is -0.265. The average molecular weight is 261 g/mol. The molecule has 4 N–H and O–H groups in total. The first-order valence-electron chi connectivity index (χ1n) is 5.22. The zero-order chi connectivity index (χ0) is 14.0. The van der Waals surface area contributed by atoms with Crippen molar-refractivity contribution in [1.82, 2.24) is 14.8 Å². The second kappa shape index (κ2) is 4.77. The normalized spacial score (nSPS) is 10.2. The van der Waals surface area contributed by atoms with Gasteiger partial charge < -0.3 is 16.2 Å². The number of carbonyl (C=O) groups excluding carboxylic acids is 2. The van der Waals surface area contributed by atoms with E-state index in [0.717, 1.165) is 0 Å². The SMILES string of the molecule is COC(=O)c1ncn(-c2ccc(C(N)=O)cc2N)n1. The van der Waals surface area contributed by atoms with Gasteiger partial charge in [-0.1, -0.05) is 0 Å². The summed E-state index contributed by atoms with van der Waals surface area (Å²) < 4.78 is 5.81. The molecule has 0 atom stereocenters. The van der Waals surface area contributed by atoms with Gasteiger partial charge in [0.05, 0.1) is 18.5 Å². The fourth-order valence-corrected chi connectivity index (χ4v) is 1.48. The molecule has 0 spiro atoms. The minimum absolute atomic E-state index is 0.0825. The van der Waals surface area contributed by atoms with Gasteiger partial charge in [0.25, 0.3) is 5.82 Å². The number of nitrogens with zero attached hydrogens (tertiary/aromatic N) is 3. The average Bonchev–Trinajstić information content (AvgIpc) is 2.87. The summed E-state index contributed by atoms with van der Waals surface area (Å²) in [4.78, 5) is 26.0. The lowest BCUT2D eigenvalue weighted by Crippen LogP contribution is -2.12. The summed E-state index contributed by atoms with van der Waals surface area (Å²) >= 11 is 0. The Morgan fingerprint density at radius 3 is 2.68 bits per heavy atom. The van der Waals surface area contributed by atoms with E-state index in [1.54, 1.807) is 6.07 Å². The Hall–Kier alpha value is -2.90. The van der Waals surface area contributed by atoms with Crippen molar-refractivity contribution in [1.29, 1.82) is 0 Å². The zero-order valence-electron chi connectivity index (χ0n) is 10.0. The van der Waals surface area contributed by atoms with E-state index >= 15 is 0 Å². The number of nitrogens with two attached hydrogens (primary N) is 2. The quantitative estimate of drug-likeness (QED) is 0.578. The van der Waals surface area contributed by atoms with Crippen LogP contribution in [-0.4, -0.2) is 33.8 Å². The first kappa shape index (κ1) is 12.6. The Morgan fingerprint density at radius 2 is 2.11 bits per heavy atom. The number of methoxy groups -OCH3 is 1. The highest BCUT2D eigenvalue weighted by Gasteiger charge is 2.13. The van der Waals surface area contributed by atoms with Crippen LogP contribution in [0.25, 0.3) is 5.69 Å². The molecule has 0 bridgehead atoms. The smallest absolute Gasteiger partial charge is 0.377 e. The van der Waals surface area contributed by atoms with E-state index in [-0.39, 0.29) is 17.1 Å². The van der Waals surface area contributed by atoms with Gasteiger partial charge in [0, 0.05) is 5.56 Å². The first-order chi connectivity index (χ1) is 9.02. The van der Waals surface area contributed by atoms with E-state index in [9.17, 15) is 9.59 Å². The molecule has 98 valence electrons. The Balaban J connectivity index is 2.39.